The molecule has 0 radical (unpaired) electrons. The van der Waals surface area contributed by atoms with Crippen LogP contribution in [-0.2, 0) is 14.4 Å². The first kappa shape index (κ1) is 23.3. The molecular formula is C25H37N3O3. The van der Waals surface area contributed by atoms with Crippen LogP contribution in [-0.4, -0.2) is 42.3 Å². The Bertz CT molecular complexity index is 716. The Morgan fingerprint density at radius 2 is 1.74 bits per heavy atom. The van der Waals surface area contributed by atoms with Gasteiger partial charge in [-0.05, 0) is 30.7 Å². The predicted molar refractivity (Wildman–Crippen MR) is 121 cm³/mol. The van der Waals surface area contributed by atoms with E-state index in [0.717, 1.165) is 37.7 Å². The molecule has 1 aliphatic carbocycles. The topological polar surface area (TPSA) is 78.5 Å². The Kier molecular flexibility index (Phi) is 9.38. The summed E-state index contributed by atoms with van der Waals surface area (Å²) in [5.41, 5.74) is 0.956. The maximum Gasteiger partial charge on any atom is 0.242 e. The van der Waals surface area contributed by atoms with E-state index < -0.39 is 0 Å². The third-order valence-corrected chi connectivity index (χ3v) is 6.60. The van der Waals surface area contributed by atoms with Gasteiger partial charge >= 0.3 is 0 Å². The van der Waals surface area contributed by atoms with Crippen molar-refractivity contribution in [2.75, 3.05) is 19.6 Å². The fourth-order valence-electron chi connectivity index (χ4n) is 4.77. The molecule has 0 unspecified atom stereocenters. The number of benzene rings is 1. The van der Waals surface area contributed by atoms with E-state index in [9.17, 15) is 14.4 Å². The average Bonchev–Trinajstić information content (AvgIpc) is 3.29. The number of hydrogen-bond donors (Lipinski definition) is 2. The smallest absolute Gasteiger partial charge is 0.242 e. The molecule has 2 N–H and O–H groups in total. The van der Waals surface area contributed by atoms with Crippen LogP contribution in [0, 0.1) is 5.92 Å². The SMILES string of the molecule is O=C(CCC1CCCC1)NCC(=O)N1CCCCCCNC(=O)C[C@H]1c1ccccc1. The summed E-state index contributed by atoms with van der Waals surface area (Å²) in [4.78, 5) is 39.8. The van der Waals surface area contributed by atoms with E-state index in [1.165, 1.54) is 25.7 Å². The molecule has 2 fully saturated rings. The first-order chi connectivity index (χ1) is 15.1. The van der Waals surface area contributed by atoms with Gasteiger partial charge in [0.05, 0.1) is 19.0 Å². The number of rotatable bonds is 6. The summed E-state index contributed by atoms with van der Waals surface area (Å²) in [6.45, 7) is 1.28. The minimum atomic E-state index is -0.317. The largest absolute Gasteiger partial charge is 0.356 e. The zero-order chi connectivity index (χ0) is 21.9. The molecule has 1 atom stereocenters. The molecule has 0 bridgehead atoms. The van der Waals surface area contributed by atoms with E-state index in [4.69, 9.17) is 0 Å². The molecule has 6 heteroatoms. The first-order valence-electron chi connectivity index (χ1n) is 12.0. The molecule has 1 aromatic carbocycles. The van der Waals surface area contributed by atoms with Gasteiger partial charge in [0.15, 0.2) is 0 Å². The van der Waals surface area contributed by atoms with Gasteiger partial charge in [-0.25, -0.2) is 0 Å². The Morgan fingerprint density at radius 3 is 2.52 bits per heavy atom. The molecule has 1 saturated heterocycles. The molecule has 1 saturated carbocycles. The predicted octanol–water partition coefficient (Wildman–Crippen LogP) is 3.72. The van der Waals surface area contributed by atoms with E-state index in [2.05, 4.69) is 10.6 Å². The number of carbonyl (C=O) groups excluding carboxylic acids is 3. The minimum absolute atomic E-state index is 0.00550. The van der Waals surface area contributed by atoms with Crippen LogP contribution in [0.25, 0.3) is 0 Å². The first-order valence-corrected chi connectivity index (χ1v) is 12.0. The van der Waals surface area contributed by atoms with Gasteiger partial charge in [0.2, 0.25) is 17.7 Å². The number of hydrogen-bond acceptors (Lipinski definition) is 3. The number of carbonyl (C=O) groups is 3. The highest BCUT2D eigenvalue weighted by Crippen LogP contribution is 2.28. The summed E-state index contributed by atoms with van der Waals surface area (Å²) in [7, 11) is 0. The quantitative estimate of drug-likeness (QED) is 0.726. The Morgan fingerprint density at radius 1 is 1.00 bits per heavy atom. The molecule has 31 heavy (non-hydrogen) atoms. The zero-order valence-corrected chi connectivity index (χ0v) is 18.6. The van der Waals surface area contributed by atoms with Gasteiger partial charge in [0.25, 0.3) is 0 Å². The van der Waals surface area contributed by atoms with E-state index in [-0.39, 0.29) is 36.7 Å². The van der Waals surface area contributed by atoms with E-state index in [0.29, 0.717) is 25.4 Å². The Labute approximate surface area is 186 Å². The summed E-state index contributed by atoms with van der Waals surface area (Å²) < 4.78 is 0. The van der Waals surface area contributed by atoms with Crippen molar-refractivity contribution in [1.29, 1.82) is 0 Å². The molecule has 2 aliphatic rings. The van der Waals surface area contributed by atoms with Crippen molar-refractivity contribution in [3.63, 3.8) is 0 Å². The van der Waals surface area contributed by atoms with Crippen LogP contribution in [0.4, 0.5) is 0 Å². The molecule has 0 aromatic heterocycles. The van der Waals surface area contributed by atoms with Crippen LogP contribution >= 0.6 is 0 Å². The second-order valence-corrected chi connectivity index (χ2v) is 8.95. The van der Waals surface area contributed by atoms with Gasteiger partial charge in [0.1, 0.15) is 0 Å². The minimum Gasteiger partial charge on any atom is -0.356 e. The monoisotopic (exact) mass is 427 g/mol. The molecule has 6 nitrogen and oxygen atoms in total. The van der Waals surface area contributed by atoms with Crippen molar-refractivity contribution < 1.29 is 14.4 Å². The van der Waals surface area contributed by atoms with Crippen LogP contribution < -0.4 is 10.6 Å². The van der Waals surface area contributed by atoms with Crippen molar-refractivity contribution >= 4 is 17.7 Å². The van der Waals surface area contributed by atoms with Crippen molar-refractivity contribution in [2.24, 2.45) is 5.92 Å². The highest BCUT2D eigenvalue weighted by atomic mass is 16.2. The summed E-state index contributed by atoms with van der Waals surface area (Å²) in [5.74, 6) is 0.463. The van der Waals surface area contributed by atoms with Gasteiger partial charge in [-0.1, -0.05) is 68.9 Å². The third kappa shape index (κ3) is 7.67. The molecule has 1 heterocycles. The highest BCUT2D eigenvalue weighted by Gasteiger charge is 2.27. The lowest BCUT2D eigenvalue weighted by atomic mass is 10.0. The standard InChI is InChI=1S/C25H37N3O3/c29-23(15-14-20-10-6-7-11-20)27-19-25(31)28-17-9-2-1-8-16-26-24(30)18-22(28)21-12-4-3-5-13-21/h3-5,12-13,20,22H,1-2,6-11,14-19H2,(H,26,30)(H,27,29)/t22-/m0/s1. The molecule has 3 rings (SSSR count). The summed E-state index contributed by atoms with van der Waals surface area (Å²) >= 11 is 0. The van der Waals surface area contributed by atoms with E-state index in [1.807, 2.05) is 30.3 Å². The van der Waals surface area contributed by atoms with Gasteiger partial charge in [-0.2, -0.15) is 0 Å². The number of amides is 3. The molecular weight excluding hydrogens is 390 g/mol. The summed E-state index contributed by atoms with van der Waals surface area (Å²) in [5, 5.41) is 5.82. The van der Waals surface area contributed by atoms with Gasteiger partial charge in [-0.3, -0.25) is 14.4 Å². The second-order valence-electron chi connectivity index (χ2n) is 8.95. The lowest BCUT2D eigenvalue weighted by Gasteiger charge is -2.32. The Hall–Kier alpha value is -2.37. The normalized spacial score (nSPS) is 21.2. The third-order valence-electron chi connectivity index (χ3n) is 6.60. The van der Waals surface area contributed by atoms with Crippen molar-refractivity contribution in [2.45, 2.75) is 76.7 Å². The Balaban J connectivity index is 1.63. The lowest BCUT2D eigenvalue weighted by Crippen LogP contribution is -2.44. The van der Waals surface area contributed by atoms with Crippen molar-refractivity contribution in [3.05, 3.63) is 35.9 Å². The van der Waals surface area contributed by atoms with Gasteiger partial charge in [0, 0.05) is 19.5 Å². The van der Waals surface area contributed by atoms with E-state index >= 15 is 0 Å². The molecule has 1 aromatic rings. The van der Waals surface area contributed by atoms with Gasteiger partial charge < -0.3 is 15.5 Å². The van der Waals surface area contributed by atoms with Crippen LogP contribution in [0.3, 0.4) is 0 Å². The van der Waals surface area contributed by atoms with Crippen LogP contribution in [0.5, 0.6) is 0 Å². The average molecular weight is 428 g/mol. The molecule has 3 amide bonds. The summed E-state index contributed by atoms with van der Waals surface area (Å²) in [6, 6.07) is 9.43. The van der Waals surface area contributed by atoms with Crippen molar-refractivity contribution in [1.82, 2.24) is 15.5 Å². The lowest BCUT2D eigenvalue weighted by molar-refractivity contribution is -0.136. The maximum atomic E-state index is 13.2. The highest BCUT2D eigenvalue weighted by molar-refractivity contribution is 5.85. The van der Waals surface area contributed by atoms with E-state index in [1.54, 1.807) is 4.90 Å². The van der Waals surface area contributed by atoms with Crippen LogP contribution in [0.15, 0.2) is 30.3 Å². The maximum absolute atomic E-state index is 13.2. The van der Waals surface area contributed by atoms with Crippen LogP contribution in [0.1, 0.15) is 82.2 Å². The number of nitrogens with zero attached hydrogens (tertiary/aromatic N) is 1. The summed E-state index contributed by atoms with van der Waals surface area (Å²) in [6.07, 6.45) is 10.6. The molecule has 1 aliphatic heterocycles. The van der Waals surface area contributed by atoms with Crippen molar-refractivity contribution in [3.8, 4) is 0 Å². The molecule has 170 valence electrons. The second kappa shape index (κ2) is 12.5. The fourth-order valence-corrected chi connectivity index (χ4v) is 4.77. The number of nitrogens with one attached hydrogen (secondary N) is 2. The molecule has 0 spiro atoms. The fraction of sp³-hybridized carbons (Fsp3) is 0.640. The van der Waals surface area contributed by atoms with Crippen LogP contribution in [0.2, 0.25) is 0 Å². The zero-order valence-electron chi connectivity index (χ0n) is 18.6. The van der Waals surface area contributed by atoms with Gasteiger partial charge in [-0.15, -0.1) is 0 Å².